The molecule has 3 nitrogen and oxygen atoms in total. The Morgan fingerprint density at radius 2 is 2.24 bits per heavy atom. The summed E-state index contributed by atoms with van der Waals surface area (Å²) in [5, 5.41) is 3.40. The molecule has 96 valence electrons. The van der Waals surface area contributed by atoms with Gasteiger partial charge < -0.3 is 9.73 Å². The SMILES string of the molecule is CCN(Cc1cc(CNC(C)C)co1)C1CC1. The molecule has 0 spiro atoms. The van der Waals surface area contributed by atoms with Crippen LogP contribution in [0.3, 0.4) is 0 Å². The quantitative estimate of drug-likeness (QED) is 0.789. The topological polar surface area (TPSA) is 28.4 Å². The molecular formula is C14H24N2O. The minimum absolute atomic E-state index is 0.520. The standard InChI is InChI=1S/C14H24N2O/c1-4-16(13-5-6-13)9-14-7-12(10-17-14)8-15-11(2)3/h7,10-11,13,15H,4-6,8-9H2,1-3H3. The lowest BCUT2D eigenvalue weighted by atomic mass is 10.2. The summed E-state index contributed by atoms with van der Waals surface area (Å²) in [5.41, 5.74) is 1.25. The van der Waals surface area contributed by atoms with Crippen molar-refractivity contribution in [2.75, 3.05) is 6.54 Å². The van der Waals surface area contributed by atoms with Gasteiger partial charge in [-0.25, -0.2) is 0 Å². The fourth-order valence-electron chi connectivity index (χ4n) is 2.06. The minimum atomic E-state index is 0.520. The first-order chi connectivity index (χ1) is 8.19. The van der Waals surface area contributed by atoms with Crippen molar-refractivity contribution in [1.82, 2.24) is 10.2 Å². The zero-order valence-corrected chi connectivity index (χ0v) is 11.2. The molecule has 1 aliphatic rings. The Morgan fingerprint density at radius 1 is 1.47 bits per heavy atom. The number of hydrogen-bond acceptors (Lipinski definition) is 3. The van der Waals surface area contributed by atoms with Crippen LogP contribution in [-0.4, -0.2) is 23.5 Å². The predicted octanol–water partition coefficient (Wildman–Crippen LogP) is 2.76. The first-order valence-corrected chi connectivity index (χ1v) is 6.72. The molecule has 0 amide bonds. The van der Waals surface area contributed by atoms with Gasteiger partial charge in [0.1, 0.15) is 5.76 Å². The van der Waals surface area contributed by atoms with Crippen molar-refractivity contribution in [3.05, 3.63) is 23.7 Å². The molecule has 1 heterocycles. The van der Waals surface area contributed by atoms with Crippen LogP contribution in [0.25, 0.3) is 0 Å². The maximum atomic E-state index is 5.63. The van der Waals surface area contributed by atoms with Crippen molar-refractivity contribution in [1.29, 1.82) is 0 Å². The van der Waals surface area contributed by atoms with Gasteiger partial charge in [-0.15, -0.1) is 0 Å². The van der Waals surface area contributed by atoms with Gasteiger partial charge >= 0.3 is 0 Å². The molecule has 1 aromatic heterocycles. The van der Waals surface area contributed by atoms with Crippen LogP contribution in [0.5, 0.6) is 0 Å². The maximum Gasteiger partial charge on any atom is 0.118 e. The van der Waals surface area contributed by atoms with Crippen LogP contribution in [-0.2, 0) is 13.1 Å². The van der Waals surface area contributed by atoms with Crippen molar-refractivity contribution < 1.29 is 4.42 Å². The second-order valence-electron chi connectivity index (χ2n) is 5.25. The molecule has 0 aliphatic heterocycles. The summed E-state index contributed by atoms with van der Waals surface area (Å²) in [6.45, 7) is 9.52. The van der Waals surface area contributed by atoms with Crippen LogP contribution in [0, 0.1) is 0 Å². The van der Waals surface area contributed by atoms with Gasteiger partial charge in [-0.1, -0.05) is 20.8 Å². The lowest BCUT2D eigenvalue weighted by Gasteiger charge is -2.17. The van der Waals surface area contributed by atoms with E-state index < -0.39 is 0 Å². The highest BCUT2D eigenvalue weighted by atomic mass is 16.3. The summed E-state index contributed by atoms with van der Waals surface area (Å²) in [7, 11) is 0. The van der Waals surface area contributed by atoms with E-state index in [4.69, 9.17) is 4.42 Å². The Hall–Kier alpha value is -0.800. The van der Waals surface area contributed by atoms with Crippen LogP contribution in [0.15, 0.2) is 16.7 Å². The molecule has 3 heteroatoms. The monoisotopic (exact) mass is 236 g/mol. The summed E-state index contributed by atoms with van der Waals surface area (Å²) in [6.07, 6.45) is 4.60. The van der Waals surface area contributed by atoms with Crippen molar-refractivity contribution >= 4 is 0 Å². The predicted molar refractivity (Wildman–Crippen MR) is 69.8 cm³/mol. The van der Waals surface area contributed by atoms with Gasteiger partial charge in [0.05, 0.1) is 12.8 Å². The van der Waals surface area contributed by atoms with E-state index in [0.29, 0.717) is 6.04 Å². The maximum absolute atomic E-state index is 5.63. The van der Waals surface area contributed by atoms with E-state index in [9.17, 15) is 0 Å². The molecule has 0 unspecified atom stereocenters. The first-order valence-electron chi connectivity index (χ1n) is 6.72. The number of nitrogens with zero attached hydrogens (tertiary/aromatic N) is 1. The average Bonchev–Trinajstić information content (AvgIpc) is 3.04. The molecule has 1 aromatic rings. The Morgan fingerprint density at radius 3 is 2.82 bits per heavy atom. The summed E-state index contributed by atoms with van der Waals surface area (Å²) < 4.78 is 5.63. The average molecular weight is 236 g/mol. The van der Waals surface area contributed by atoms with E-state index >= 15 is 0 Å². The molecule has 1 saturated carbocycles. The van der Waals surface area contributed by atoms with Gasteiger partial charge in [0.15, 0.2) is 0 Å². The number of rotatable bonds is 7. The molecule has 0 atom stereocenters. The third-order valence-electron chi connectivity index (χ3n) is 3.25. The lowest BCUT2D eigenvalue weighted by molar-refractivity contribution is 0.246. The number of hydrogen-bond donors (Lipinski definition) is 1. The van der Waals surface area contributed by atoms with Crippen molar-refractivity contribution in [3.8, 4) is 0 Å². The second kappa shape index (κ2) is 5.69. The summed E-state index contributed by atoms with van der Waals surface area (Å²) >= 11 is 0. The fraction of sp³-hybridized carbons (Fsp3) is 0.714. The fourth-order valence-corrected chi connectivity index (χ4v) is 2.06. The number of nitrogens with one attached hydrogen (secondary N) is 1. The van der Waals surface area contributed by atoms with Crippen LogP contribution in [0.1, 0.15) is 44.9 Å². The Labute approximate surface area is 104 Å². The van der Waals surface area contributed by atoms with E-state index in [1.807, 2.05) is 6.26 Å². The third-order valence-corrected chi connectivity index (χ3v) is 3.25. The highest BCUT2D eigenvalue weighted by Gasteiger charge is 2.28. The van der Waals surface area contributed by atoms with E-state index in [1.165, 1.54) is 18.4 Å². The Kier molecular flexibility index (Phi) is 4.24. The largest absolute Gasteiger partial charge is 0.468 e. The van der Waals surface area contributed by atoms with Gasteiger partial charge in [-0.3, -0.25) is 4.90 Å². The highest BCUT2D eigenvalue weighted by Crippen LogP contribution is 2.28. The second-order valence-corrected chi connectivity index (χ2v) is 5.25. The van der Waals surface area contributed by atoms with Crippen LogP contribution >= 0.6 is 0 Å². The summed E-state index contributed by atoms with van der Waals surface area (Å²) in [4.78, 5) is 2.50. The van der Waals surface area contributed by atoms with Gasteiger partial charge in [0, 0.05) is 24.2 Å². The van der Waals surface area contributed by atoms with Crippen molar-refractivity contribution in [2.24, 2.45) is 0 Å². The van der Waals surface area contributed by atoms with Crippen LogP contribution < -0.4 is 5.32 Å². The van der Waals surface area contributed by atoms with E-state index in [-0.39, 0.29) is 0 Å². The third kappa shape index (κ3) is 3.86. The minimum Gasteiger partial charge on any atom is -0.468 e. The van der Waals surface area contributed by atoms with Crippen molar-refractivity contribution in [3.63, 3.8) is 0 Å². The first kappa shape index (κ1) is 12.7. The van der Waals surface area contributed by atoms with Gasteiger partial charge in [0.25, 0.3) is 0 Å². The molecule has 1 fully saturated rings. The van der Waals surface area contributed by atoms with Gasteiger partial charge in [-0.05, 0) is 25.5 Å². The molecule has 1 aliphatic carbocycles. The van der Waals surface area contributed by atoms with Crippen LogP contribution in [0.2, 0.25) is 0 Å². The highest BCUT2D eigenvalue weighted by molar-refractivity contribution is 5.13. The summed E-state index contributed by atoms with van der Waals surface area (Å²) in [5.74, 6) is 1.10. The Bertz CT molecular complexity index is 342. The normalized spacial score (nSPS) is 16.1. The van der Waals surface area contributed by atoms with Gasteiger partial charge in [-0.2, -0.15) is 0 Å². The smallest absolute Gasteiger partial charge is 0.118 e. The van der Waals surface area contributed by atoms with Gasteiger partial charge in [0.2, 0.25) is 0 Å². The number of furan rings is 1. The summed E-state index contributed by atoms with van der Waals surface area (Å²) in [6, 6.07) is 3.51. The zero-order chi connectivity index (χ0) is 12.3. The van der Waals surface area contributed by atoms with E-state index in [0.717, 1.165) is 31.4 Å². The molecule has 0 bridgehead atoms. The molecule has 2 rings (SSSR count). The lowest BCUT2D eigenvalue weighted by Crippen LogP contribution is -2.24. The Balaban J connectivity index is 1.84. The van der Waals surface area contributed by atoms with Crippen LogP contribution in [0.4, 0.5) is 0 Å². The molecule has 0 saturated heterocycles. The van der Waals surface area contributed by atoms with Crippen molar-refractivity contribution in [2.45, 2.75) is 58.8 Å². The molecule has 0 aromatic carbocycles. The van der Waals surface area contributed by atoms with E-state index in [1.54, 1.807) is 0 Å². The molecule has 1 N–H and O–H groups in total. The zero-order valence-electron chi connectivity index (χ0n) is 11.2. The molecular weight excluding hydrogens is 212 g/mol. The molecule has 17 heavy (non-hydrogen) atoms. The van der Waals surface area contributed by atoms with E-state index in [2.05, 4.69) is 37.1 Å². The molecule has 0 radical (unpaired) electrons.